The molecule has 0 saturated heterocycles. The lowest BCUT2D eigenvalue weighted by atomic mass is 10.1. The SMILES string of the molecule is OCc1cn(Cc2ccc(Cl)c(Cl)c2)c2cccc(OCc3ccccc3)c12. The van der Waals surface area contributed by atoms with Gasteiger partial charge >= 0.3 is 0 Å². The number of ether oxygens (including phenoxy) is 1. The molecular formula is C23H19Cl2NO2. The molecule has 142 valence electrons. The summed E-state index contributed by atoms with van der Waals surface area (Å²) in [5, 5.41) is 11.9. The summed E-state index contributed by atoms with van der Waals surface area (Å²) < 4.78 is 8.18. The van der Waals surface area contributed by atoms with E-state index in [-0.39, 0.29) is 6.61 Å². The smallest absolute Gasteiger partial charge is 0.129 e. The van der Waals surface area contributed by atoms with E-state index >= 15 is 0 Å². The van der Waals surface area contributed by atoms with Gasteiger partial charge in [-0.3, -0.25) is 0 Å². The molecule has 3 aromatic carbocycles. The van der Waals surface area contributed by atoms with Gasteiger partial charge in [0.05, 0.1) is 22.2 Å². The highest BCUT2D eigenvalue weighted by atomic mass is 35.5. The summed E-state index contributed by atoms with van der Waals surface area (Å²) in [5.74, 6) is 0.762. The van der Waals surface area contributed by atoms with E-state index in [0.717, 1.165) is 33.3 Å². The van der Waals surface area contributed by atoms with Crippen LogP contribution in [-0.4, -0.2) is 9.67 Å². The second kappa shape index (κ2) is 8.27. The van der Waals surface area contributed by atoms with E-state index < -0.39 is 0 Å². The van der Waals surface area contributed by atoms with Crippen LogP contribution in [0.1, 0.15) is 16.7 Å². The van der Waals surface area contributed by atoms with E-state index in [2.05, 4.69) is 4.57 Å². The second-order valence-corrected chi connectivity index (χ2v) is 7.43. The van der Waals surface area contributed by atoms with E-state index in [9.17, 15) is 5.11 Å². The molecule has 28 heavy (non-hydrogen) atoms. The first-order valence-electron chi connectivity index (χ1n) is 8.98. The minimum absolute atomic E-state index is 0.0589. The van der Waals surface area contributed by atoms with Crippen LogP contribution in [0.4, 0.5) is 0 Å². The molecule has 0 radical (unpaired) electrons. The maximum Gasteiger partial charge on any atom is 0.129 e. The average molecular weight is 412 g/mol. The second-order valence-electron chi connectivity index (χ2n) is 6.61. The van der Waals surface area contributed by atoms with Gasteiger partial charge in [-0.25, -0.2) is 0 Å². The number of hydrogen-bond donors (Lipinski definition) is 1. The Balaban J connectivity index is 1.68. The Morgan fingerprint density at radius 2 is 1.68 bits per heavy atom. The number of benzene rings is 3. The molecular weight excluding hydrogens is 393 g/mol. The molecule has 4 aromatic rings. The van der Waals surface area contributed by atoms with Gasteiger partial charge in [0, 0.05) is 23.7 Å². The molecule has 0 spiro atoms. The molecule has 0 saturated carbocycles. The Morgan fingerprint density at radius 3 is 2.43 bits per heavy atom. The monoisotopic (exact) mass is 411 g/mol. The number of hydrogen-bond acceptors (Lipinski definition) is 2. The first-order chi connectivity index (χ1) is 13.7. The molecule has 0 atom stereocenters. The molecule has 1 heterocycles. The molecule has 5 heteroatoms. The van der Waals surface area contributed by atoms with Gasteiger partial charge in [0.1, 0.15) is 12.4 Å². The van der Waals surface area contributed by atoms with E-state index in [1.54, 1.807) is 6.07 Å². The molecule has 3 nitrogen and oxygen atoms in total. The van der Waals surface area contributed by atoms with Crippen LogP contribution in [0.2, 0.25) is 10.0 Å². The summed E-state index contributed by atoms with van der Waals surface area (Å²) in [7, 11) is 0. The predicted molar refractivity (Wildman–Crippen MR) is 114 cm³/mol. The van der Waals surface area contributed by atoms with Crippen LogP contribution in [0.15, 0.2) is 72.9 Å². The van der Waals surface area contributed by atoms with Crippen molar-refractivity contribution in [3.05, 3.63) is 99.7 Å². The van der Waals surface area contributed by atoms with Crippen LogP contribution >= 0.6 is 23.2 Å². The third-order valence-electron chi connectivity index (χ3n) is 4.69. The van der Waals surface area contributed by atoms with Gasteiger partial charge in [-0.2, -0.15) is 0 Å². The fourth-order valence-corrected chi connectivity index (χ4v) is 3.67. The molecule has 0 aliphatic rings. The number of aliphatic hydroxyl groups excluding tert-OH is 1. The van der Waals surface area contributed by atoms with Crippen LogP contribution < -0.4 is 4.74 Å². The molecule has 0 bridgehead atoms. The fraction of sp³-hybridized carbons (Fsp3) is 0.130. The van der Waals surface area contributed by atoms with Crippen molar-refractivity contribution in [3.63, 3.8) is 0 Å². The standard InChI is InChI=1S/C23H19Cl2NO2/c24-19-10-9-17(11-20(19)25)12-26-13-18(14-27)23-21(26)7-4-8-22(23)28-15-16-5-2-1-3-6-16/h1-11,13,27H,12,14-15H2. The summed E-state index contributed by atoms with van der Waals surface area (Å²) in [6.45, 7) is 1.04. The zero-order chi connectivity index (χ0) is 19.5. The normalized spacial score (nSPS) is 11.1. The molecule has 1 aromatic heterocycles. The van der Waals surface area contributed by atoms with Crippen LogP contribution in [0, 0.1) is 0 Å². The average Bonchev–Trinajstić information content (AvgIpc) is 3.08. The molecule has 0 aliphatic carbocycles. The first-order valence-corrected chi connectivity index (χ1v) is 9.73. The Morgan fingerprint density at radius 1 is 0.857 bits per heavy atom. The lowest BCUT2D eigenvalue weighted by Crippen LogP contribution is -1.98. The number of aliphatic hydroxyl groups is 1. The van der Waals surface area contributed by atoms with Crippen LogP contribution in [0.3, 0.4) is 0 Å². The maximum absolute atomic E-state index is 9.90. The Kier molecular flexibility index (Phi) is 5.58. The van der Waals surface area contributed by atoms with Crippen molar-refractivity contribution in [1.82, 2.24) is 4.57 Å². The van der Waals surface area contributed by atoms with Gasteiger partial charge < -0.3 is 14.4 Å². The van der Waals surface area contributed by atoms with Crippen molar-refractivity contribution in [1.29, 1.82) is 0 Å². The number of halogens is 2. The summed E-state index contributed by atoms with van der Waals surface area (Å²) in [5.41, 5.74) is 3.96. The van der Waals surface area contributed by atoms with Gasteiger partial charge in [0.2, 0.25) is 0 Å². The van der Waals surface area contributed by atoms with Crippen LogP contribution in [0.25, 0.3) is 10.9 Å². The minimum atomic E-state index is -0.0589. The highest BCUT2D eigenvalue weighted by molar-refractivity contribution is 6.42. The Labute approximate surface area is 173 Å². The lowest BCUT2D eigenvalue weighted by molar-refractivity contribution is 0.281. The predicted octanol–water partition coefficient (Wildman–Crippen LogP) is 6.07. The number of nitrogens with zero attached hydrogens (tertiary/aromatic N) is 1. The molecule has 0 unspecified atom stereocenters. The fourth-order valence-electron chi connectivity index (χ4n) is 3.34. The van der Waals surface area contributed by atoms with Crippen molar-refractivity contribution < 1.29 is 9.84 Å². The highest BCUT2D eigenvalue weighted by Gasteiger charge is 2.14. The van der Waals surface area contributed by atoms with Crippen molar-refractivity contribution in [3.8, 4) is 5.75 Å². The zero-order valence-corrected chi connectivity index (χ0v) is 16.6. The largest absolute Gasteiger partial charge is 0.488 e. The topological polar surface area (TPSA) is 34.4 Å². The van der Waals surface area contributed by atoms with Gasteiger partial charge in [-0.05, 0) is 35.4 Å². The zero-order valence-electron chi connectivity index (χ0n) is 15.1. The quantitative estimate of drug-likeness (QED) is 0.417. The van der Waals surface area contributed by atoms with E-state index in [4.69, 9.17) is 27.9 Å². The molecule has 0 amide bonds. The van der Waals surface area contributed by atoms with Gasteiger partial charge in [-0.15, -0.1) is 0 Å². The number of rotatable bonds is 6. The highest BCUT2D eigenvalue weighted by Crippen LogP contribution is 2.32. The Hall–Kier alpha value is -2.46. The Bertz CT molecular complexity index is 1110. The van der Waals surface area contributed by atoms with Crippen molar-refractivity contribution in [2.24, 2.45) is 0 Å². The van der Waals surface area contributed by atoms with E-state index in [1.807, 2.05) is 66.9 Å². The number of fused-ring (bicyclic) bond motifs is 1. The first kappa shape index (κ1) is 18.9. The summed E-state index contributed by atoms with van der Waals surface area (Å²) in [4.78, 5) is 0. The van der Waals surface area contributed by atoms with Gasteiger partial charge in [-0.1, -0.05) is 65.7 Å². The van der Waals surface area contributed by atoms with E-state index in [0.29, 0.717) is 23.2 Å². The van der Waals surface area contributed by atoms with E-state index in [1.165, 1.54) is 0 Å². The molecule has 4 rings (SSSR count). The molecule has 1 N–H and O–H groups in total. The van der Waals surface area contributed by atoms with Crippen molar-refractivity contribution >= 4 is 34.1 Å². The summed E-state index contributed by atoms with van der Waals surface area (Å²) in [6.07, 6.45) is 1.96. The van der Waals surface area contributed by atoms with Crippen LogP contribution in [0.5, 0.6) is 5.75 Å². The summed E-state index contributed by atoms with van der Waals surface area (Å²) in [6, 6.07) is 21.6. The third kappa shape index (κ3) is 3.88. The van der Waals surface area contributed by atoms with Crippen molar-refractivity contribution in [2.45, 2.75) is 19.8 Å². The molecule has 0 fully saturated rings. The van der Waals surface area contributed by atoms with Gasteiger partial charge in [0.15, 0.2) is 0 Å². The maximum atomic E-state index is 9.90. The summed E-state index contributed by atoms with van der Waals surface area (Å²) >= 11 is 12.2. The van der Waals surface area contributed by atoms with Crippen LogP contribution in [-0.2, 0) is 19.8 Å². The van der Waals surface area contributed by atoms with Crippen molar-refractivity contribution in [2.75, 3.05) is 0 Å². The third-order valence-corrected chi connectivity index (χ3v) is 5.43. The number of aromatic nitrogens is 1. The van der Waals surface area contributed by atoms with Gasteiger partial charge in [0.25, 0.3) is 0 Å². The lowest BCUT2D eigenvalue weighted by Gasteiger charge is -2.10. The minimum Gasteiger partial charge on any atom is -0.488 e. The molecule has 0 aliphatic heterocycles.